The van der Waals surface area contributed by atoms with Gasteiger partial charge in [0.1, 0.15) is 12.4 Å². The quantitative estimate of drug-likeness (QED) is 0.914. The van der Waals surface area contributed by atoms with Crippen LogP contribution in [0.5, 0.6) is 5.75 Å². The summed E-state index contributed by atoms with van der Waals surface area (Å²) >= 11 is 0. The highest BCUT2D eigenvalue weighted by molar-refractivity contribution is 5.56. The SMILES string of the molecule is Cc1cc(OCC(F)F)ccc1N1CCC(N)CC1. The van der Waals surface area contributed by atoms with Crippen molar-refractivity contribution >= 4 is 5.69 Å². The van der Waals surface area contributed by atoms with Crippen molar-refractivity contribution < 1.29 is 13.5 Å². The van der Waals surface area contributed by atoms with Crippen LogP contribution in [-0.2, 0) is 0 Å². The van der Waals surface area contributed by atoms with Crippen molar-refractivity contribution in [2.45, 2.75) is 32.2 Å². The van der Waals surface area contributed by atoms with Gasteiger partial charge in [0.2, 0.25) is 0 Å². The normalized spacial score (nSPS) is 17.0. The van der Waals surface area contributed by atoms with E-state index in [0.717, 1.165) is 37.2 Å². The van der Waals surface area contributed by atoms with E-state index >= 15 is 0 Å². The third kappa shape index (κ3) is 3.80. The van der Waals surface area contributed by atoms with Gasteiger partial charge in [0.05, 0.1) is 0 Å². The molecule has 1 aromatic carbocycles. The molecule has 1 aliphatic heterocycles. The number of halogens is 2. The fourth-order valence-electron chi connectivity index (χ4n) is 2.37. The van der Waals surface area contributed by atoms with Gasteiger partial charge in [0.15, 0.2) is 0 Å². The van der Waals surface area contributed by atoms with Gasteiger partial charge in [0.25, 0.3) is 6.43 Å². The highest BCUT2D eigenvalue weighted by Gasteiger charge is 2.17. The molecule has 0 aliphatic carbocycles. The second-order valence-electron chi connectivity index (χ2n) is 4.97. The molecule has 2 rings (SSSR count). The topological polar surface area (TPSA) is 38.5 Å². The Bertz CT molecular complexity index is 418. The molecule has 0 amide bonds. The molecule has 0 aromatic heterocycles. The maximum Gasteiger partial charge on any atom is 0.272 e. The van der Waals surface area contributed by atoms with Crippen molar-refractivity contribution in [1.29, 1.82) is 0 Å². The summed E-state index contributed by atoms with van der Waals surface area (Å²) in [6.45, 7) is 3.30. The van der Waals surface area contributed by atoms with Crippen molar-refractivity contribution in [3.63, 3.8) is 0 Å². The molecule has 19 heavy (non-hydrogen) atoms. The van der Waals surface area contributed by atoms with Crippen LogP contribution >= 0.6 is 0 Å². The zero-order chi connectivity index (χ0) is 13.8. The van der Waals surface area contributed by atoms with Crippen LogP contribution in [0.25, 0.3) is 0 Å². The minimum atomic E-state index is -2.44. The van der Waals surface area contributed by atoms with Crippen LogP contribution in [0.1, 0.15) is 18.4 Å². The van der Waals surface area contributed by atoms with E-state index in [2.05, 4.69) is 4.90 Å². The molecule has 0 saturated carbocycles. The van der Waals surface area contributed by atoms with E-state index in [1.165, 1.54) is 0 Å². The van der Waals surface area contributed by atoms with Crippen LogP contribution < -0.4 is 15.4 Å². The van der Waals surface area contributed by atoms with Crippen molar-refractivity contribution in [1.82, 2.24) is 0 Å². The summed E-state index contributed by atoms with van der Waals surface area (Å²) in [5, 5.41) is 0. The number of piperidine rings is 1. The van der Waals surface area contributed by atoms with Crippen LogP contribution in [0.2, 0.25) is 0 Å². The number of nitrogens with zero attached hydrogens (tertiary/aromatic N) is 1. The summed E-state index contributed by atoms with van der Waals surface area (Å²) in [5.41, 5.74) is 8.07. The molecular formula is C14H20F2N2O. The minimum absolute atomic E-state index is 0.296. The van der Waals surface area contributed by atoms with E-state index in [9.17, 15) is 8.78 Å². The van der Waals surface area contributed by atoms with Crippen molar-refractivity contribution in [2.24, 2.45) is 5.73 Å². The van der Waals surface area contributed by atoms with Gasteiger partial charge in [-0.25, -0.2) is 8.78 Å². The Morgan fingerprint density at radius 1 is 1.37 bits per heavy atom. The molecule has 0 atom stereocenters. The Kier molecular flexibility index (Phi) is 4.58. The summed E-state index contributed by atoms with van der Waals surface area (Å²) in [6.07, 6.45) is -0.463. The molecule has 0 radical (unpaired) electrons. The Morgan fingerprint density at radius 2 is 2.05 bits per heavy atom. The second-order valence-corrected chi connectivity index (χ2v) is 4.97. The molecule has 1 fully saturated rings. The van der Waals surface area contributed by atoms with Crippen LogP contribution in [-0.4, -0.2) is 32.2 Å². The highest BCUT2D eigenvalue weighted by Crippen LogP contribution is 2.27. The number of anilines is 1. The van der Waals surface area contributed by atoms with Crippen LogP contribution in [0.15, 0.2) is 18.2 Å². The van der Waals surface area contributed by atoms with Crippen LogP contribution in [0.4, 0.5) is 14.5 Å². The van der Waals surface area contributed by atoms with Gasteiger partial charge < -0.3 is 15.4 Å². The van der Waals surface area contributed by atoms with Crippen molar-refractivity contribution in [2.75, 3.05) is 24.6 Å². The lowest BCUT2D eigenvalue weighted by molar-refractivity contribution is 0.0819. The Hall–Kier alpha value is -1.36. The molecule has 1 heterocycles. The maximum absolute atomic E-state index is 12.1. The number of hydrogen-bond acceptors (Lipinski definition) is 3. The molecule has 1 saturated heterocycles. The maximum atomic E-state index is 12.1. The monoisotopic (exact) mass is 270 g/mol. The fraction of sp³-hybridized carbons (Fsp3) is 0.571. The summed E-state index contributed by atoms with van der Waals surface area (Å²) < 4.78 is 29.2. The first kappa shape index (κ1) is 14.1. The largest absolute Gasteiger partial charge is 0.488 e. The molecule has 3 nitrogen and oxygen atoms in total. The van der Waals surface area contributed by atoms with Gasteiger partial charge in [-0.1, -0.05) is 0 Å². The number of nitrogens with two attached hydrogens (primary N) is 1. The summed E-state index contributed by atoms with van der Waals surface area (Å²) in [7, 11) is 0. The zero-order valence-electron chi connectivity index (χ0n) is 11.1. The van der Waals surface area contributed by atoms with Gasteiger partial charge >= 0.3 is 0 Å². The lowest BCUT2D eigenvalue weighted by Crippen LogP contribution is -2.39. The second kappa shape index (κ2) is 6.19. The first-order valence-corrected chi connectivity index (χ1v) is 6.58. The number of rotatable bonds is 4. The lowest BCUT2D eigenvalue weighted by Gasteiger charge is -2.33. The van der Waals surface area contributed by atoms with Gasteiger partial charge in [-0.05, 0) is 43.5 Å². The molecule has 5 heteroatoms. The van der Waals surface area contributed by atoms with Crippen molar-refractivity contribution in [3.8, 4) is 5.75 Å². The highest BCUT2D eigenvalue weighted by atomic mass is 19.3. The summed E-state index contributed by atoms with van der Waals surface area (Å²) in [4.78, 5) is 2.29. The van der Waals surface area contributed by atoms with Gasteiger partial charge in [-0.2, -0.15) is 0 Å². The van der Waals surface area contributed by atoms with Gasteiger partial charge in [0, 0.05) is 24.8 Å². The van der Waals surface area contributed by atoms with E-state index in [0.29, 0.717) is 11.8 Å². The first-order chi connectivity index (χ1) is 9.06. The molecule has 2 N–H and O–H groups in total. The summed E-state index contributed by atoms with van der Waals surface area (Å²) in [5.74, 6) is 0.496. The van der Waals surface area contributed by atoms with Gasteiger partial charge in [-0.15, -0.1) is 0 Å². The van der Waals surface area contributed by atoms with Crippen LogP contribution in [0, 0.1) is 6.92 Å². The molecular weight excluding hydrogens is 250 g/mol. The fourth-order valence-corrected chi connectivity index (χ4v) is 2.37. The number of aryl methyl sites for hydroxylation is 1. The van der Waals surface area contributed by atoms with E-state index in [1.54, 1.807) is 6.07 Å². The number of hydrogen-bond donors (Lipinski definition) is 1. The Morgan fingerprint density at radius 3 is 2.63 bits per heavy atom. The zero-order valence-corrected chi connectivity index (χ0v) is 11.1. The first-order valence-electron chi connectivity index (χ1n) is 6.58. The standard InChI is InChI=1S/C14H20F2N2O/c1-10-8-12(19-9-14(15)16)2-3-13(10)18-6-4-11(17)5-7-18/h2-3,8,11,14H,4-7,9,17H2,1H3. The molecule has 106 valence electrons. The molecule has 0 spiro atoms. The number of ether oxygens (including phenoxy) is 1. The smallest absolute Gasteiger partial charge is 0.272 e. The van der Waals surface area contributed by atoms with Gasteiger partial charge in [-0.3, -0.25) is 0 Å². The summed E-state index contributed by atoms with van der Waals surface area (Å²) in [6, 6.07) is 5.79. The molecule has 0 bridgehead atoms. The minimum Gasteiger partial charge on any atom is -0.488 e. The molecule has 1 aromatic rings. The molecule has 0 unspecified atom stereocenters. The van der Waals surface area contributed by atoms with E-state index in [4.69, 9.17) is 10.5 Å². The third-order valence-corrected chi connectivity index (χ3v) is 3.42. The third-order valence-electron chi connectivity index (χ3n) is 3.42. The van der Waals surface area contributed by atoms with E-state index in [1.807, 2.05) is 19.1 Å². The Labute approximate surface area is 112 Å². The predicted octanol–water partition coefficient (Wildman–Crippen LogP) is 2.57. The van der Waals surface area contributed by atoms with E-state index < -0.39 is 13.0 Å². The predicted molar refractivity (Wildman–Crippen MR) is 72.1 cm³/mol. The average Bonchev–Trinajstić information content (AvgIpc) is 2.38. The lowest BCUT2D eigenvalue weighted by atomic mass is 10.0. The molecule has 1 aliphatic rings. The van der Waals surface area contributed by atoms with Crippen LogP contribution in [0.3, 0.4) is 0 Å². The number of alkyl halides is 2. The Balaban J connectivity index is 2.02. The average molecular weight is 270 g/mol. The van der Waals surface area contributed by atoms with E-state index in [-0.39, 0.29) is 0 Å². The van der Waals surface area contributed by atoms with Crippen molar-refractivity contribution in [3.05, 3.63) is 23.8 Å². The number of benzene rings is 1.